The van der Waals surface area contributed by atoms with Crippen LogP contribution >= 0.6 is 0 Å². The molecule has 2 aromatic heterocycles. The second kappa shape index (κ2) is 9.74. The highest BCUT2D eigenvalue weighted by Crippen LogP contribution is 2.27. The third kappa shape index (κ3) is 4.96. The van der Waals surface area contributed by atoms with Gasteiger partial charge in [0.25, 0.3) is 11.8 Å². The van der Waals surface area contributed by atoms with Crippen LogP contribution in [0.4, 0.5) is 5.82 Å². The zero-order chi connectivity index (χ0) is 24.4. The van der Waals surface area contributed by atoms with E-state index in [1.165, 1.54) is 24.0 Å². The Hall–Kier alpha value is -3.94. The van der Waals surface area contributed by atoms with Gasteiger partial charge in [-0.15, -0.1) is 0 Å². The number of likely N-dealkylation sites (tertiary alicyclic amines) is 1. The molecule has 3 N–H and O–H groups in total. The van der Waals surface area contributed by atoms with Crippen LogP contribution in [0.15, 0.2) is 55.0 Å². The van der Waals surface area contributed by atoms with Crippen LogP contribution in [0.5, 0.6) is 0 Å². The van der Waals surface area contributed by atoms with E-state index in [9.17, 15) is 9.59 Å². The Kier molecular flexibility index (Phi) is 6.35. The summed E-state index contributed by atoms with van der Waals surface area (Å²) in [5.41, 5.74) is 11.2. The molecule has 1 atom stereocenters. The van der Waals surface area contributed by atoms with E-state index in [1.54, 1.807) is 28.0 Å². The van der Waals surface area contributed by atoms with Crippen LogP contribution in [0, 0.1) is 0 Å². The zero-order valence-corrected chi connectivity index (χ0v) is 19.9. The lowest BCUT2D eigenvalue weighted by atomic mass is 9.93. The van der Waals surface area contributed by atoms with E-state index in [0.29, 0.717) is 30.6 Å². The first-order valence-corrected chi connectivity index (χ1v) is 12.1. The predicted molar refractivity (Wildman–Crippen MR) is 136 cm³/mol. The number of nitrogens with one attached hydrogen (secondary N) is 1. The highest BCUT2D eigenvalue weighted by molar-refractivity contribution is 6.00. The molecule has 2 amide bonds. The lowest BCUT2D eigenvalue weighted by Gasteiger charge is -2.18. The molecule has 0 spiro atoms. The van der Waals surface area contributed by atoms with Gasteiger partial charge in [-0.2, -0.15) is 5.10 Å². The number of nitrogen functional groups attached to an aromatic ring is 1. The smallest absolute Gasteiger partial charge is 0.255 e. The van der Waals surface area contributed by atoms with E-state index in [4.69, 9.17) is 5.73 Å². The van der Waals surface area contributed by atoms with Gasteiger partial charge in [0, 0.05) is 55.3 Å². The fraction of sp³-hybridized carbons (Fsp3) is 0.333. The molecule has 2 aliphatic rings. The summed E-state index contributed by atoms with van der Waals surface area (Å²) in [5, 5.41) is 7.20. The molecule has 0 unspecified atom stereocenters. The van der Waals surface area contributed by atoms with Crippen molar-refractivity contribution >= 4 is 23.2 Å². The molecule has 8 nitrogen and oxygen atoms in total. The van der Waals surface area contributed by atoms with Crippen LogP contribution < -0.4 is 11.1 Å². The number of allylic oxidation sites excluding steroid dienone is 2. The Labute approximate surface area is 204 Å². The summed E-state index contributed by atoms with van der Waals surface area (Å²) in [6.07, 6.45) is 12.9. The summed E-state index contributed by atoms with van der Waals surface area (Å²) in [5.74, 6) is -0.120. The van der Waals surface area contributed by atoms with Crippen molar-refractivity contribution in [1.82, 2.24) is 25.0 Å². The lowest BCUT2D eigenvalue weighted by Crippen LogP contribution is -2.38. The molecular formula is C27H30N6O2. The standard InChI is InChI=1S/C27H30N6O2/c1-32-16-22(15-30-32)21-13-24(25(28)29-14-21)26(34)31-23-11-12-33(17-23)27(35)20-9-7-19(8-10-20)18-5-3-2-4-6-18/h5,7-10,13-16,23H,2-4,6,11-12,17H2,1H3,(H2,28,29)(H,31,34)/t23-/m1/s1. The lowest BCUT2D eigenvalue weighted by molar-refractivity contribution is 0.0783. The number of aromatic nitrogens is 3. The molecule has 3 aromatic rings. The molecule has 1 aromatic carbocycles. The van der Waals surface area contributed by atoms with Crippen molar-refractivity contribution in [2.24, 2.45) is 7.05 Å². The Morgan fingerprint density at radius 1 is 1.09 bits per heavy atom. The van der Waals surface area contributed by atoms with Crippen LogP contribution in [0.3, 0.4) is 0 Å². The van der Waals surface area contributed by atoms with Gasteiger partial charge in [-0.1, -0.05) is 18.2 Å². The van der Waals surface area contributed by atoms with Crippen LogP contribution in [-0.4, -0.2) is 50.6 Å². The summed E-state index contributed by atoms with van der Waals surface area (Å²) >= 11 is 0. The van der Waals surface area contributed by atoms with E-state index in [0.717, 1.165) is 24.0 Å². The number of benzene rings is 1. The number of hydrogen-bond donors (Lipinski definition) is 2. The number of rotatable bonds is 5. The van der Waals surface area contributed by atoms with E-state index in [1.807, 2.05) is 37.5 Å². The average Bonchev–Trinajstić information content (AvgIpc) is 3.53. The molecule has 1 saturated heterocycles. The van der Waals surface area contributed by atoms with Crippen LogP contribution in [-0.2, 0) is 7.05 Å². The van der Waals surface area contributed by atoms with Crippen molar-refractivity contribution in [2.45, 2.75) is 38.1 Å². The summed E-state index contributed by atoms with van der Waals surface area (Å²) < 4.78 is 1.69. The van der Waals surface area contributed by atoms with Gasteiger partial charge in [-0.3, -0.25) is 14.3 Å². The molecule has 180 valence electrons. The molecular weight excluding hydrogens is 440 g/mol. The zero-order valence-electron chi connectivity index (χ0n) is 19.9. The molecule has 35 heavy (non-hydrogen) atoms. The number of amides is 2. The molecule has 3 heterocycles. The number of carbonyl (C=O) groups excluding carboxylic acids is 2. The molecule has 0 bridgehead atoms. The molecule has 1 fully saturated rings. The average molecular weight is 471 g/mol. The van der Waals surface area contributed by atoms with Gasteiger partial charge in [0.05, 0.1) is 11.8 Å². The van der Waals surface area contributed by atoms with Crippen LogP contribution in [0.2, 0.25) is 0 Å². The van der Waals surface area contributed by atoms with E-state index < -0.39 is 0 Å². The topological polar surface area (TPSA) is 106 Å². The van der Waals surface area contributed by atoms with Crippen molar-refractivity contribution in [3.63, 3.8) is 0 Å². The second-order valence-corrected chi connectivity index (χ2v) is 9.32. The predicted octanol–water partition coefficient (Wildman–Crippen LogP) is 3.67. The number of nitrogens with two attached hydrogens (primary N) is 1. The first-order valence-electron chi connectivity index (χ1n) is 12.1. The maximum atomic E-state index is 13.1. The summed E-state index contributed by atoms with van der Waals surface area (Å²) in [4.78, 5) is 32.0. The largest absolute Gasteiger partial charge is 0.383 e. The van der Waals surface area contributed by atoms with E-state index in [2.05, 4.69) is 21.5 Å². The number of carbonyl (C=O) groups is 2. The molecule has 1 aliphatic heterocycles. The van der Waals surface area contributed by atoms with E-state index >= 15 is 0 Å². The molecule has 0 radical (unpaired) electrons. The highest BCUT2D eigenvalue weighted by atomic mass is 16.2. The Morgan fingerprint density at radius 2 is 1.91 bits per heavy atom. The van der Waals surface area contributed by atoms with Gasteiger partial charge in [0.2, 0.25) is 0 Å². The number of nitrogens with zero attached hydrogens (tertiary/aromatic N) is 4. The highest BCUT2D eigenvalue weighted by Gasteiger charge is 2.29. The molecule has 5 rings (SSSR count). The SMILES string of the molecule is Cn1cc(-c2cnc(N)c(C(=O)N[C@@H]3CCN(C(=O)c4ccc(C5=CCCCC5)cc4)C3)c2)cn1. The number of pyridine rings is 1. The number of aryl methyl sites for hydroxylation is 1. The number of anilines is 1. The third-order valence-corrected chi connectivity index (χ3v) is 6.81. The Morgan fingerprint density at radius 3 is 2.63 bits per heavy atom. The summed E-state index contributed by atoms with van der Waals surface area (Å²) in [6.45, 7) is 1.06. The molecule has 1 aliphatic carbocycles. The maximum Gasteiger partial charge on any atom is 0.255 e. The normalized spacial score (nSPS) is 17.8. The van der Waals surface area contributed by atoms with Gasteiger partial charge in [-0.25, -0.2) is 4.98 Å². The first-order chi connectivity index (χ1) is 17.0. The van der Waals surface area contributed by atoms with Gasteiger partial charge in [0.15, 0.2) is 0 Å². The maximum absolute atomic E-state index is 13.1. The van der Waals surface area contributed by atoms with Crippen molar-refractivity contribution < 1.29 is 9.59 Å². The summed E-state index contributed by atoms with van der Waals surface area (Å²) in [6, 6.07) is 9.51. The van der Waals surface area contributed by atoms with Gasteiger partial charge in [0.1, 0.15) is 5.82 Å². The minimum absolute atomic E-state index is 0.00863. The number of hydrogen-bond acceptors (Lipinski definition) is 5. The van der Waals surface area contributed by atoms with Crippen molar-refractivity contribution in [3.05, 3.63) is 71.7 Å². The second-order valence-electron chi connectivity index (χ2n) is 9.32. The molecule has 8 heteroatoms. The first kappa shape index (κ1) is 22.8. The quantitative estimate of drug-likeness (QED) is 0.592. The Bertz CT molecular complexity index is 1280. The van der Waals surface area contributed by atoms with Crippen molar-refractivity contribution in [3.8, 4) is 11.1 Å². The van der Waals surface area contributed by atoms with Crippen molar-refractivity contribution in [2.75, 3.05) is 18.8 Å². The minimum atomic E-state index is -0.287. The third-order valence-electron chi connectivity index (χ3n) is 6.81. The monoisotopic (exact) mass is 470 g/mol. The van der Waals surface area contributed by atoms with Crippen LogP contribution in [0.25, 0.3) is 16.7 Å². The fourth-order valence-corrected chi connectivity index (χ4v) is 4.82. The van der Waals surface area contributed by atoms with E-state index in [-0.39, 0.29) is 23.7 Å². The van der Waals surface area contributed by atoms with Crippen molar-refractivity contribution in [1.29, 1.82) is 0 Å². The summed E-state index contributed by atoms with van der Waals surface area (Å²) in [7, 11) is 1.83. The minimum Gasteiger partial charge on any atom is -0.383 e. The van der Waals surface area contributed by atoms with Gasteiger partial charge in [-0.05, 0) is 61.4 Å². The van der Waals surface area contributed by atoms with Gasteiger partial charge >= 0.3 is 0 Å². The molecule has 0 saturated carbocycles. The Balaban J connectivity index is 1.22. The van der Waals surface area contributed by atoms with Gasteiger partial charge < -0.3 is 16.0 Å². The fourth-order valence-electron chi connectivity index (χ4n) is 4.82. The van der Waals surface area contributed by atoms with Crippen LogP contribution in [0.1, 0.15) is 58.4 Å².